The van der Waals surface area contributed by atoms with Crippen molar-refractivity contribution < 1.29 is 9.90 Å². The minimum Gasteiger partial charge on any atom is -0.481 e. The molecule has 0 rings (SSSR count). The van der Waals surface area contributed by atoms with Gasteiger partial charge in [0.2, 0.25) is 0 Å². The van der Waals surface area contributed by atoms with Crippen LogP contribution in [0.15, 0.2) is 0 Å². The number of carbonyl (C=O) groups is 1. The topological polar surface area (TPSA) is 40.5 Å². The van der Waals surface area contributed by atoms with Crippen molar-refractivity contribution in [3.8, 4) is 11.8 Å². The first-order valence-corrected chi connectivity index (χ1v) is 4.04. The summed E-state index contributed by atoms with van der Waals surface area (Å²) in [6.07, 6.45) is 0.194. The van der Waals surface area contributed by atoms with Crippen molar-refractivity contribution in [1.29, 1.82) is 0 Å². The Bertz CT molecular complexity index is 190. The van der Waals surface area contributed by atoms with Crippen molar-refractivity contribution >= 4 is 5.97 Å². The smallest absolute Gasteiger partial charge is 0.304 e. The van der Waals surface area contributed by atoms with Gasteiger partial charge in [-0.3, -0.25) is 9.69 Å². The van der Waals surface area contributed by atoms with E-state index >= 15 is 0 Å². The van der Waals surface area contributed by atoms with Crippen molar-refractivity contribution in [2.45, 2.75) is 20.3 Å². The molecule has 0 bridgehead atoms. The third-order valence-electron chi connectivity index (χ3n) is 1.57. The van der Waals surface area contributed by atoms with E-state index < -0.39 is 5.97 Å². The van der Waals surface area contributed by atoms with Crippen LogP contribution in [0.25, 0.3) is 0 Å². The van der Waals surface area contributed by atoms with Crippen molar-refractivity contribution in [2.75, 3.05) is 19.6 Å². The maximum absolute atomic E-state index is 10.2. The number of aliphatic carboxylic acids is 1. The summed E-state index contributed by atoms with van der Waals surface area (Å²) in [6, 6.07) is 0. The fraction of sp³-hybridized carbons (Fsp3) is 0.667. The van der Waals surface area contributed by atoms with E-state index in [-0.39, 0.29) is 6.42 Å². The van der Waals surface area contributed by atoms with Crippen LogP contribution in [0.4, 0.5) is 0 Å². The molecule has 0 saturated heterocycles. The Kier molecular flexibility index (Phi) is 6.12. The van der Waals surface area contributed by atoms with Gasteiger partial charge in [-0.25, -0.2) is 0 Å². The number of nitrogens with zero attached hydrogens (tertiary/aromatic N) is 1. The number of carboxylic acids is 1. The summed E-state index contributed by atoms with van der Waals surface area (Å²) in [4.78, 5) is 12.2. The van der Waals surface area contributed by atoms with E-state index in [1.165, 1.54) is 0 Å². The predicted octanol–water partition coefficient (Wildman–Crippen LogP) is 0.806. The lowest BCUT2D eigenvalue weighted by Crippen LogP contribution is -2.26. The van der Waals surface area contributed by atoms with Crippen LogP contribution in [0.1, 0.15) is 20.3 Å². The fourth-order valence-electron chi connectivity index (χ4n) is 0.794. The van der Waals surface area contributed by atoms with E-state index in [0.29, 0.717) is 13.1 Å². The molecule has 0 heterocycles. The molecule has 1 N–H and O–H groups in total. The molecule has 3 nitrogen and oxygen atoms in total. The van der Waals surface area contributed by atoms with E-state index in [2.05, 4.69) is 11.8 Å². The Labute approximate surface area is 73.4 Å². The minimum absolute atomic E-state index is 0.194. The summed E-state index contributed by atoms with van der Waals surface area (Å²) in [6.45, 7) is 5.88. The number of carboxylic acid groups (broad SMARTS) is 1. The zero-order chi connectivity index (χ0) is 9.40. The molecule has 0 aliphatic rings. The van der Waals surface area contributed by atoms with Gasteiger partial charge >= 0.3 is 5.97 Å². The van der Waals surface area contributed by atoms with E-state index in [1.54, 1.807) is 6.92 Å². The summed E-state index contributed by atoms with van der Waals surface area (Å²) in [5.41, 5.74) is 0. The Hall–Kier alpha value is -1.01. The summed E-state index contributed by atoms with van der Waals surface area (Å²) in [7, 11) is 0. The lowest BCUT2D eigenvalue weighted by molar-refractivity contribution is -0.137. The SMILES string of the molecule is CC#CCN(CC)CCC(=O)O. The molecule has 0 aromatic heterocycles. The highest BCUT2D eigenvalue weighted by molar-refractivity contribution is 5.66. The molecule has 0 radical (unpaired) electrons. The molecule has 0 amide bonds. The Balaban J connectivity index is 3.64. The van der Waals surface area contributed by atoms with Gasteiger partial charge in [-0.2, -0.15) is 0 Å². The predicted molar refractivity (Wildman–Crippen MR) is 47.8 cm³/mol. The molecule has 68 valence electrons. The van der Waals surface area contributed by atoms with Gasteiger partial charge in [0.15, 0.2) is 0 Å². The van der Waals surface area contributed by atoms with E-state index in [1.807, 2.05) is 11.8 Å². The van der Waals surface area contributed by atoms with Crippen molar-refractivity contribution in [2.24, 2.45) is 0 Å². The van der Waals surface area contributed by atoms with Gasteiger partial charge < -0.3 is 5.11 Å². The molecule has 0 spiro atoms. The average Bonchev–Trinajstić information content (AvgIpc) is 2.05. The second-order valence-electron chi connectivity index (χ2n) is 2.44. The molecular weight excluding hydrogens is 154 g/mol. The lowest BCUT2D eigenvalue weighted by Gasteiger charge is -2.15. The van der Waals surface area contributed by atoms with Gasteiger partial charge in [-0.15, -0.1) is 5.92 Å². The van der Waals surface area contributed by atoms with Crippen molar-refractivity contribution in [3.63, 3.8) is 0 Å². The molecule has 0 unspecified atom stereocenters. The first-order valence-electron chi connectivity index (χ1n) is 4.04. The zero-order valence-corrected chi connectivity index (χ0v) is 7.63. The van der Waals surface area contributed by atoms with Crippen LogP contribution in [0.5, 0.6) is 0 Å². The van der Waals surface area contributed by atoms with Crippen molar-refractivity contribution in [1.82, 2.24) is 4.90 Å². The van der Waals surface area contributed by atoms with Crippen LogP contribution < -0.4 is 0 Å². The lowest BCUT2D eigenvalue weighted by atomic mass is 10.3. The molecular formula is C9H15NO2. The Morgan fingerprint density at radius 3 is 2.67 bits per heavy atom. The zero-order valence-electron chi connectivity index (χ0n) is 7.63. The van der Waals surface area contributed by atoms with E-state index in [9.17, 15) is 4.79 Å². The van der Waals surface area contributed by atoms with E-state index in [4.69, 9.17) is 5.11 Å². The normalized spacial score (nSPS) is 9.25. The summed E-state index contributed by atoms with van der Waals surface area (Å²) >= 11 is 0. The standard InChI is InChI=1S/C9H15NO2/c1-3-5-7-10(4-2)8-6-9(11)12/h4,6-8H2,1-2H3,(H,11,12). The minimum atomic E-state index is -0.752. The highest BCUT2D eigenvalue weighted by atomic mass is 16.4. The number of hydrogen-bond donors (Lipinski definition) is 1. The van der Waals surface area contributed by atoms with E-state index in [0.717, 1.165) is 6.54 Å². The second-order valence-corrected chi connectivity index (χ2v) is 2.44. The van der Waals surface area contributed by atoms with Crippen LogP contribution in [-0.4, -0.2) is 35.6 Å². The molecule has 0 aromatic carbocycles. The van der Waals surface area contributed by atoms with Gasteiger partial charge in [0.05, 0.1) is 13.0 Å². The quantitative estimate of drug-likeness (QED) is 0.619. The Morgan fingerprint density at radius 1 is 1.58 bits per heavy atom. The summed E-state index contributed by atoms with van der Waals surface area (Å²) in [5.74, 6) is 4.94. The average molecular weight is 169 g/mol. The maximum Gasteiger partial charge on any atom is 0.304 e. The largest absolute Gasteiger partial charge is 0.481 e. The second kappa shape index (κ2) is 6.68. The highest BCUT2D eigenvalue weighted by Crippen LogP contribution is 1.89. The maximum atomic E-state index is 10.2. The number of hydrogen-bond acceptors (Lipinski definition) is 2. The molecule has 0 saturated carbocycles. The molecule has 3 heteroatoms. The van der Waals surface area contributed by atoms with Crippen LogP contribution in [0.3, 0.4) is 0 Å². The highest BCUT2D eigenvalue weighted by Gasteiger charge is 2.02. The first-order chi connectivity index (χ1) is 5.70. The summed E-state index contributed by atoms with van der Waals surface area (Å²) in [5, 5.41) is 8.42. The van der Waals surface area contributed by atoms with Gasteiger partial charge in [-0.1, -0.05) is 12.8 Å². The molecule has 0 aromatic rings. The third kappa shape index (κ3) is 5.75. The van der Waals surface area contributed by atoms with Gasteiger partial charge in [0.1, 0.15) is 0 Å². The molecule has 0 fully saturated rings. The van der Waals surface area contributed by atoms with Gasteiger partial charge in [-0.05, 0) is 13.5 Å². The van der Waals surface area contributed by atoms with Gasteiger partial charge in [0, 0.05) is 6.54 Å². The molecule has 12 heavy (non-hydrogen) atoms. The Morgan fingerprint density at radius 2 is 2.25 bits per heavy atom. The van der Waals surface area contributed by atoms with Gasteiger partial charge in [0.25, 0.3) is 0 Å². The van der Waals surface area contributed by atoms with Crippen molar-refractivity contribution in [3.05, 3.63) is 0 Å². The molecule has 0 atom stereocenters. The molecule has 0 aliphatic carbocycles. The summed E-state index contributed by atoms with van der Waals surface area (Å²) < 4.78 is 0. The monoisotopic (exact) mass is 169 g/mol. The third-order valence-corrected chi connectivity index (χ3v) is 1.57. The van der Waals surface area contributed by atoms with Crippen LogP contribution in [0, 0.1) is 11.8 Å². The molecule has 0 aliphatic heterocycles. The fourth-order valence-corrected chi connectivity index (χ4v) is 0.794. The number of rotatable bonds is 5. The van der Waals surface area contributed by atoms with Crippen LogP contribution in [0.2, 0.25) is 0 Å². The first kappa shape index (κ1) is 11.0. The van der Waals surface area contributed by atoms with Crippen LogP contribution >= 0.6 is 0 Å². The van der Waals surface area contributed by atoms with Crippen LogP contribution in [-0.2, 0) is 4.79 Å².